The van der Waals surface area contributed by atoms with Gasteiger partial charge < -0.3 is 16.0 Å². The van der Waals surface area contributed by atoms with Gasteiger partial charge in [0.2, 0.25) is 5.91 Å². The first kappa shape index (κ1) is 12.9. The van der Waals surface area contributed by atoms with Crippen LogP contribution in [-0.2, 0) is 11.3 Å². The van der Waals surface area contributed by atoms with E-state index in [1.165, 1.54) is 0 Å². The molecule has 0 bridgehead atoms. The van der Waals surface area contributed by atoms with E-state index >= 15 is 0 Å². The van der Waals surface area contributed by atoms with Crippen molar-refractivity contribution >= 4 is 17.2 Å². The molecule has 1 amide bonds. The van der Waals surface area contributed by atoms with Gasteiger partial charge in [-0.05, 0) is 5.92 Å². The van der Waals surface area contributed by atoms with E-state index < -0.39 is 0 Å². The van der Waals surface area contributed by atoms with Gasteiger partial charge in [0.1, 0.15) is 0 Å². The second kappa shape index (κ2) is 5.81. The summed E-state index contributed by atoms with van der Waals surface area (Å²) < 4.78 is 0. The molecule has 5 nitrogen and oxygen atoms in total. The van der Waals surface area contributed by atoms with Crippen molar-refractivity contribution < 1.29 is 4.79 Å². The predicted octanol–water partition coefficient (Wildman–Crippen LogP) is 0.284. The highest BCUT2D eigenvalue weighted by Gasteiger charge is 2.19. The normalized spacial score (nSPS) is 12.8. The molecule has 0 aliphatic carbocycles. The Bertz CT molecular complexity index is 397. The van der Waals surface area contributed by atoms with E-state index in [2.05, 4.69) is 10.3 Å². The lowest BCUT2D eigenvalue weighted by Gasteiger charge is -2.17. The maximum atomic E-state index is 11.7. The van der Waals surface area contributed by atoms with Crippen molar-refractivity contribution in [2.24, 2.45) is 17.6 Å². The molecule has 0 saturated carbocycles. The van der Waals surface area contributed by atoms with E-state index in [1.54, 1.807) is 5.38 Å². The number of nitrogens with one attached hydrogen (secondary N) is 2. The molecular formula is C10H17N3O2S. The maximum absolute atomic E-state index is 11.7. The third kappa shape index (κ3) is 3.46. The average Bonchev–Trinajstić information content (AvgIpc) is 2.62. The second-order valence-corrected chi connectivity index (χ2v) is 4.82. The first-order valence-corrected chi connectivity index (χ1v) is 6.07. The van der Waals surface area contributed by atoms with Gasteiger partial charge in [-0.2, -0.15) is 0 Å². The number of carbonyl (C=O) groups is 1. The molecule has 16 heavy (non-hydrogen) atoms. The third-order valence-corrected chi connectivity index (χ3v) is 3.14. The fraction of sp³-hybridized carbons (Fsp3) is 0.600. The molecule has 0 fully saturated rings. The molecule has 1 aromatic rings. The zero-order chi connectivity index (χ0) is 12.1. The minimum absolute atomic E-state index is 0.0652. The Morgan fingerprint density at radius 3 is 2.75 bits per heavy atom. The quantitative estimate of drug-likeness (QED) is 0.694. The zero-order valence-electron chi connectivity index (χ0n) is 9.45. The molecule has 0 aliphatic rings. The van der Waals surface area contributed by atoms with Crippen molar-refractivity contribution in [2.45, 2.75) is 20.4 Å². The molecule has 1 heterocycles. The first-order valence-electron chi connectivity index (χ1n) is 5.19. The Morgan fingerprint density at radius 2 is 2.31 bits per heavy atom. The Hall–Kier alpha value is -1.14. The lowest BCUT2D eigenvalue weighted by molar-refractivity contribution is -0.126. The molecule has 1 atom stereocenters. The summed E-state index contributed by atoms with van der Waals surface area (Å²) in [6.07, 6.45) is 0. The van der Waals surface area contributed by atoms with Crippen LogP contribution >= 0.6 is 11.3 Å². The lowest BCUT2D eigenvalue weighted by Crippen LogP contribution is -2.37. The lowest BCUT2D eigenvalue weighted by atomic mass is 9.95. The Labute approximate surface area is 98.1 Å². The Balaban J connectivity index is 2.48. The highest BCUT2D eigenvalue weighted by molar-refractivity contribution is 7.07. The molecular weight excluding hydrogens is 226 g/mol. The number of carbonyl (C=O) groups excluding carboxylic acids is 1. The summed E-state index contributed by atoms with van der Waals surface area (Å²) in [5.74, 6) is -0.0265. The molecule has 4 N–H and O–H groups in total. The summed E-state index contributed by atoms with van der Waals surface area (Å²) in [5.41, 5.74) is 6.26. The largest absolute Gasteiger partial charge is 0.350 e. The zero-order valence-corrected chi connectivity index (χ0v) is 10.3. The molecule has 0 saturated heterocycles. The molecule has 0 aromatic carbocycles. The van der Waals surface area contributed by atoms with Gasteiger partial charge in [0, 0.05) is 17.6 Å². The molecule has 1 rings (SSSR count). The second-order valence-electron chi connectivity index (χ2n) is 3.98. The van der Waals surface area contributed by atoms with Crippen molar-refractivity contribution in [3.05, 3.63) is 20.7 Å². The van der Waals surface area contributed by atoms with Crippen molar-refractivity contribution in [3.8, 4) is 0 Å². The van der Waals surface area contributed by atoms with Crippen LogP contribution in [0, 0.1) is 11.8 Å². The fourth-order valence-electron chi connectivity index (χ4n) is 1.40. The third-order valence-electron chi connectivity index (χ3n) is 2.42. The molecule has 6 heteroatoms. The van der Waals surface area contributed by atoms with Crippen LogP contribution in [0.25, 0.3) is 0 Å². The van der Waals surface area contributed by atoms with Gasteiger partial charge in [-0.3, -0.25) is 9.59 Å². The monoisotopic (exact) mass is 243 g/mol. The van der Waals surface area contributed by atoms with Crippen LogP contribution in [0.3, 0.4) is 0 Å². The first-order chi connectivity index (χ1) is 7.54. The van der Waals surface area contributed by atoms with Crippen LogP contribution in [0.15, 0.2) is 10.2 Å². The van der Waals surface area contributed by atoms with Gasteiger partial charge in [-0.25, -0.2) is 0 Å². The van der Waals surface area contributed by atoms with E-state index in [-0.39, 0.29) is 22.6 Å². The van der Waals surface area contributed by atoms with Crippen LogP contribution in [0.5, 0.6) is 0 Å². The highest BCUT2D eigenvalue weighted by Crippen LogP contribution is 2.09. The van der Waals surface area contributed by atoms with Gasteiger partial charge in [0.15, 0.2) is 0 Å². The summed E-state index contributed by atoms with van der Waals surface area (Å²) in [6.45, 7) is 4.61. The average molecular weight is 243 g/mol. The highest BCUT2D eigenvalue weighted by atomic mass is 32.1. The van der Waals surface area contributed by atoms with Crippen LogP contribution in [0.4, 0.5) is 0 Å². The fourth-order valence-corrected chi connectivity index (χ4v) is 1.98. The summed E-state index contributed by atoms with van der Waals surface area (Å²) in [5, 5.41) is 4.47. The van der Waals surface area contributed by atoms with Gasteiger partial charge >= 0.3 is 4.87 Å². The number of hydrogen-bond donors (Lipinski definition) is 3. The molecule has 1 aromatic heterocycles. The number of thiazole rings is 1. The van der Waals surface area contributed by atoms with Crippen molar-refractivity contribution in [3.63, 3.8) is 0 Å². The summed E-state index contributed by atoms with van der Waals surface area (Å²) in [4.78, 5) is 25.1. The summed E-state index contributed by atoms with van der Waals surface area (Å²) in [7, 11) is 0. The predicted molar refractivity (Wildman–Crippen MR) is 64.2 cm³/mol. The van der Waals surface area contributed by atoms with Crippen LogP contribution in [0.2, 0.25) is 0 Å². The van der Waals surface area contributed by atoms with E-state index in [0.717, 1.165) is 17.0 Å². The number of aromatic amines is 1. The standard InChI is InChI=1S/C10H17N3O2S/c1-6(2)8(3-11)9(14)12-4-7-5-16-10(15)13-7/h5-6,8H,3-4,11H2,1-2H3,(H,12,14)(H,13,15). The molecule has 0 aliphatic heterocycles. The van der Waals surface area contributed by atoms with E-state index in [4.69, 9.17) is 5.73 Å². The van der Waals surface area contributed by atoms with Gasteiger partial charge in [-0.15, -0.1) is 0 Å². The SMILES string of the molecule is CC(C)C(CN)C(=O)NCc1csc(=O)[nH]1. The van der Waals surface area contributed by atoms with Gasteiger partial charge in [-0.1, -0.05) is 25.2 Å². The van der Waals surface area contributed by atoms with Crippen LogP contribution in [0.1, 0.15) is 19.5 Å². The number of H-pyrrole nitrogens is 1. The topological polar surface area (TPSA) is 88.0 Å². The van der Waals surface area contributed by atoms with Crippen LogP contribution in [-0.4, -0.2) is 17.4 Å². The smallest absolute Gasteiger partial charge is 0.304 e. The van der Waals surface area contributed by atoms with Crippen LogP contribution < -0.4 is 15.9 Å². The maximum Gasteiger partial charge on any atom is 0.304 e. The summed E-state index contributed by atoms with van der Waals surface area (Å²) in [6, 6.07) is 0. The minimum Gasteiger partial charge on any atom is -0.350 e. The van der Waals surface area contributed by atoms with E-state index in [0.29, 0.717) is 13.1 Å². The molecule has 0 spiro atoms. The Morgan fingerprint density at radius 1 is 1.62 bits per heavy atom. The molecule has 90 valence electrons. The number of rotatable bonds is 5. The van der Waals surface area contributed by atoms with Gasteiger partial charge in [0.05, 0.1) is 12.5 Å². The number of amides is 1. The molecule has 0 radical (unpaired) electrons. The number of hydrogen-bond acceptors (Lipinski definition) is 4. The van der Waals surface area contributed by atoms with Crippen molar-refractivity contribution in [1.82, 2.24) is 10.3 Å². The molecule has 1 unspecified atom stereocenters. The number of aromatic nitrogens is 1. The van der Waals surface area contributed by atoms with Crippen molar-refractivity contribution in [2.75, 3.05) is 6.54 Å². The van der Waals surface area contributed by atoms with Crippen molar-refractivity contribution in [1.29, 1.82) is 0 Å². The van der Waals surface area contributed by atoms with Gasteiger partial charge in [0.25, 0.3) is 0 Å². The minimum atomic E-state index is -0.176. The van der Waals surface area contributed by atoms with E-state index in [9.17, 15) is 9.59 Å². The summed E-state index contributed by atoms with van der Waals surface area (Å²) >= 11 is 1.09. The Kier molecular flexibility index (Phi) is 4.70. The van der Waals surface area contributed by atoms with E-state index in [1.807, 2.05) is 13.8 Å². The number of nitrogens with two attached hydrogens (primary N) is 1.